The van der Waals surface area contributed by atoms with E-state index in [0.717, 1.165) is 25.8 Å². The molecule has 2 aromatic carbocycles. The molecule has 2 aromatic rings. The van der Waals surface area contributed by atoms with Crippen LogP contribution in [-0.2, 0) is 11.2 Å². The summed E-state index contributed by atoms with van der Waals surface area (Å²) in [6, 6.07) is 17.5. The molecule has 3 rings (SSSR count). The number of carboxylic acid groups (broad SMARTS) is 1. The number of hydrogen-bond donors (Lipinski definition) is 1. The van der Waals surface area contributed by atoms with Crippen LogP contribution < -0.4 is 4.90 Å². The Balaban J connectivity index is 1.96. The number of aryl methyl sites for hydroxylation is 1. The number of aliphatic carboxylic acids is 1. The van der Waals surface area contributed by atoms with Crippen molar-refractivity contribution in [2.45, 2.75) is 32.2 Å². The van der Waals surface area contributed by atoms with Gasteiger partial charge in [-0.1, -0.05) is 43.3 Å². The first kappa shape index (κ1) is 19.4. The second-order valence-corrected chi connectivity index (χ2v) is 7.66. The molecule has 27 heavy (non-hydrogen) atoms. The second kappa shape index (κ2) is 8.57. The lowest BCUT2D eigenvalue weighted by molar-refractivity contribution is -0.143. The number of anilines is 1. The summed E-state index contributed by atoms with van der Waals surface area (Å²) in [6.07, 6.45) is 2.72. The van der Waals surface area contributed by atoms with Gasteiger partial charge in [-0.05, 0) is 54.6 Å². The summed E-state index contributed by atoms with van der Waals surface area (Å²) in [5.41, 5.74) is 4.94. The molecule has 1 fully saturated rings. The second-order valence-electron chi connectivity index (χ2n) is 7.66. The lowest BCUT2D eigenvalue weighted by atomic mass is 9.91. The fourth-order valence-electron chi connectivity index (χ4n) is 3.95. The van der Waals surface area contributed by atoms with E-state index < -0.39 is 5.97 Å². The zero-order valence-corrected chi connectivity index (χ0v) is 16.6. The van der Waals surface area contributed by atoms with Crippen LogP contribution in [0, 0.1) is 5.92 Å². The summed E-state index contributed by atoms with van der Waals surface area (Å²) in [5, 5.41) is 9.51. The van der Waals surface area contributed by atoms with E-state index in [4.69, 9.17) is 0 Å². The predicted molar refractivity (Wildman–Crippen MR) is 110 cm³/mol. The van der Waals surface area contributed by atoms with E-state index in [2.05, 4.69) is 65.3 Å². The Hall–Kier alpha value is -2.33. The van der Waals surface area contributed by atoms with Crippen LogP contribution >= 0.6 is 0 Å². The molecule has 2 unspecified atom stereocenters. The quantitative estimate of drug-likeness (QED) is 0.832. The molecule has 4 nitrogen and oxygen atoms in total. The number of benzene rings is 2. The maximum absolute atomic E-state index is 11.6. The molecule has 0 aliphatic carbocycles. The highest BCUT2D eigenvalue weighted by atomic mass is 16.4. The zero-order valence-electron chi connectivity index (χ0n) is 16.6. The Morgan fingerprint density at radius 1 is 1.11 bits per heavy atom. The van der Waals surface area contributed by atoms with Crippen molar-refractivity contribution >= 4 is 11.7 Å². The number of likely N-dealkylation sites (tertiary alicyclic amines) is 1. The first-order chi connectivity index (χ1) is 13.0. The van der Waals surface area contributed by atoms with E-state index in [9.17, 15) is 9.90 Å². The smallest absolute Gasteiger partial charge is 0.307 e. The minimum Gasteiger partial charge on any atom is -0.481 e. The van der Waals surface area contributed by atoms with Crippen molar-refractivity contribution < 1.29 is 9.90 Å². The van der Waals surface area contributed by atoms with Crippen LogP contribution in [0.3, 0.4) is 0 Å². The van der Waals surface area contributed by atoms with Crippen molar-refractivity contribution in [3.05, 3.63) is 65.2 Å². The van der Waals surface area contributed by atoms with Crippen molar-refractivity contribution in [1.29, 1.82) is 0 Å². The highest BCUT2D eigenvalue weighted by Gasteiger charge is 2.31. The summed E-state index contributed by atoms with van der Waals surface area (Å²) in [4.78, 5) is 16.0. The van der Waals surface area contributed by atoms with E-state index in [1.807, 2.05) is 14.1 Å². The molecule has 0 spiro atoms. The topological polar surface area (TPSA) is 43.8 Å². The molecule has 1 aliphatic rings. The van der Waals surface area contributed by atoms with Gasteiger partial charge in [0.15, 0.2) is 0 Å². The van der Waals surface area contributed by atoms with Gasteiger partial charge in [-0.25, -0.2) is 0 Å². The van der Waals surface area contributed by atoms with Gasteiger partial charge in [0.1, 0.15) is 0 Å². The normalized spacial score (nSPS) is 18.9. The number of nitrogens with zero attached hydrogens (tertiary/aromatic N) is 2. The molecule has 0 saturated carbocycles. The molecule has 0 radical (unpaired) electrons. The van der Waals surface area contributed by atoms with E-state index in [0.29, 0.717) is 6.54 Å². The Bertz CT molecular complexity index is 753. The van der Waals surface area contributed by atoms with Crippen molar-refractivity contribution in [2.24, 2.45) is 5.92 Å². The van der Waals surface area contributed by atoms with Gasteiger partial charge in [0.05, 0.1) is 12.0 Å². The highest BCUT2D eigenvalue weighted by molar-refractivity contribution is 5.70. The summed E-state index contributed by atoms with van der Waals surface area (Å²) in [5.74, 6) is -0.958. The molecule has 1 heterocycles. The third-order valence-electron chi connectivity index (χ3n) is 5.60. The van der Waals surface area contributed by atoms with Crippen molar-refractivity contribution in [2.75, 3.05) is 32.1 Å². The Kier molecular flexibility index (Phi) is 6.17. The first-order valence-electron chi connectivity index (χ1n) is 9.82. The molecular formula is C23H30N2O2. The van der Waals surface area contributed by atoms with E-state index in [1.54, 1.807) is 0 Å². The summed E-state index contributed by atoms with van der Waals surface area (Å²) in [7, 11) is 4.08. The van der Waals surface area contributed by atoms with E-state index in [-0.39, 0.29) is 12.0 Å². The standard InChI is InChI=1S/C23H30N2O2/c1-4-17-7-9-18(10-8-17)22(19-11-13-21(14-12-19)24(2)3)25-15-5-6-20(16-25)23(26)27/h7-14,20,22H,4-6,15-16H2,1-3H3,(H,26,27). The summed E-state index contributed by atoms with van der Waals surface area (Å²) < 4.78 is 0. The third-order valence-corrected chi connectivity index (χ3v) is 5.60. The van der Waals surface area contributed by atoms with Gasteiger partial charge in [0.2, 0.25) is 0 Å². The van der Waals surface area contributed by atoms with Gasteiger partial charge in [0.25, 0.3) is 0 Å². The third kappa shape index (κ3) is 4.51. The number of hydrogen-bond acceptors (Lipinski definition) is 3. The van der Waals surface area contributed by atoms with Gasteiger partial charge >= 0.3 is 5.97 Å². The molecule has 4 heteroatoms. The maximum Gasteiger partial charge on any atom is 0.307 e. The monoisotopic (exact) mass is 366 g/mol. The molecule has 2 atom stereocenters. The van der Waals surface area contributed by atoms with Crippen LogP contribution in [0.4, 0.5) is 5.69 Å². The van der Waals surface area contributed by atoms with Crippen LogP contribution in [0.15, 0.2) is 48.5 Å². The lowest BCUT2D eigenvalue weighted by Gasteiger charge is -2.37. The summed E-state index contributed by atoms with van der Waals surface area (Å²) in [6.45, 7) is 3.69. The molecular weight excluding hydrogens is 336 g/mol. The Labute approximate surface area is 162 Å². The summed E-state index contributed by atoms with van der Waals surface area (Å²) >= 11 is 0. The number of carboxylic acids is 1. The highest BCUT2D eigenvalue weighted by Crippen LogP contribution is 2.33. The number of carbonyl (C=O) groups is 1. The largest absolute Gasteiger partial charge is 0.481 e. The van der Waals surface area contributed by atoms with Crippen molar-refractivity contribution in [1.82, 2.24) is 4.90 Å². The Morgan fingerprint density at radius 3 is 2.22 bits per heavy atom. The predicted octanol–water partition coefficient (Wildman–Crippen LogP) is 4.20. The van der Waals surface area contributed by atoms with E-state index in [1.165, 1.54) is 22.4 Å². The zero-order chi connectivity index (χ0) is 19.4. The molecule has 0 bridgehead atoms. The van der Waals surface area contributed by atoms with Crippen LogP contribution in [0.5, 0.6) is 0 Å². The number of piperidine rings is 1. The van der Waals surface area contributed by atoms with E-state index >= 15 is 0 Å². The van der Waals surface area contributed by atoms with Crippen LogP contribution in [0.2, 0.25) is 0 Å². The lowest BCUT2D eigenvalue weighted by Crippen LogP contribution is -2.41. The Morgan fingerprint density at radius 2 is 1.70 bits per heavy atom. The van der Waals surface area contributed by atoms with Gasteiger partial charge < -0.3 is 10.0 Å². The average Bonchev–Trinajstić information content (AvgIpc) is 2.69. The van der Waals surface area contributed by atoms with Gasteiger partial charge in [0, 0.05) is 26.3 Å². The van der Waals surface area contributed by atoms with Crippen LogP contribution in [0.25, 0.3) is 0 Å². The minimum atomic E-state index is -0.678. The molecule has 144 valence electrons. The first-order valence-corrected chi connectivity index (χ1v) is 9.82. The van der Waals surface area contributed by atoms with Crippen molar-refractivity contribution in [3.8, 4) is 0 Å². The molecule has 1 N–H and O–H groups in total. The van der Waals surface area contributed by atoms with Crippen molar-refractivity contribution in [3.63, 3.8) is 0 Å². The molecule has 1 aliphatic heterocycles. The molecule has 1 saturated heterocycles. The fraction of sp³-hybridized carbons (Fsp3) is 0.435. The van der Waals surface area contributed by atoms with Gasteiger partial charge in [-0.2, -0.15) is 0 Å². The molecule has 0 aromatic heterocycles. The fourth-order valence-corrected chi connectivity index (χ4v) is 3.95. The van der Waals surface area contributed by atoms with Gasteiger partial charge in [-0.3, -0.25) is 9.69 Å². The number of rotatable bonds is 6. The maximum atomic E-state index is 11.6. The SMILES string of the molecule is CCc1ccc(C(c2ccc(N(C)C)cc2)N2CCCC(C(=O)O)C2)cc1. The average molecular weight is 367 g/mol. The van der Waals surface area contributed by atoms with Crippen LogP contribution in [-0.4, -0.2) is 43.2 Å². The van der Waals surface area contributed by atoms with Crippen LogP contribution in [0.1, 0.15) is 42.5 Å². The van der Waals surface area contributed by atoms with Gasteiger partial charge in [-0.15, -0.1) is 0 Å². The molecule has 0 amide bonds. The minimum absolute atomic E-state index is 0.0919.